The average Bonchev–Trinajstić information content (AvgIpc) is 2.54. The van der Waals surface area contributed by atoms with E-state index in [-0.39, 0.29) is 17.8 Å². The number of rotatable bonds is 1. The Morgan fingerprint density at radius 3 is 1.08 bits per heavy atom. The molecular formula is C15H19N6O4P. The molecule has 26 heavy (non-hydrogen) atoms. The molecule has 0 unspecified atom stereocenters. The van der Waals surface area contributed by atoms with Crippen LogP contribution in [0.25, 0.3) is 11.1 Å². The predicted octanol–water partition coefficient (Wildman–Crippen LogP) is 1.04. The van der Waals surface area contributed by atoms with Crippen molar-refractivity contribution in [2.45, 2.75) is 0 Å². The van der Waals surface area contributed by atoms with E-state index in [0.717, 1.165) is 0 Å². The number of nitrogens with two attached hydrogens (primary N) is 3. The van der Waals surface area contributed by atoms with Gasteiger partial charge in [-0.05, 0) is 11.1 Å². The van der Waals surface area contributed by atoms with Gasteiger partial charge in [0.1, 0.15) is 0 Å². The molecule has 3 rings (SSSR count). The van der Waals surface area contributed by atoms with Crippen molar-refractivity contribution < 1.29 is 19.2 Å². The largest absolute Gasteiger partial charge is 0.466 e. The van der Waals surface area contributed by atoms with E-state index in [4.69, 9.17) is 36.4 Å². The Kier molecular flexibility index (Phi) is 8.13. The number of hydrogen-bond donors (Lipinski definition) is 6. The van der Waals surface area contributed by atoms with Gasteiger partial charge in [0.25, 0.3) is 0 Å². The summed E-state index contributed by atoms with van der Waals surface area (Å²) in [6, 6.07) is 20.8. The molecule has 2 aromatic carbocycles. The first kappa shape index (κ1) is 21.0. The first-order valence-corrected chi connectivity index (χ1v) is 8.63. The van der Waals surface area contributed by atoms with Crippen LogP contribution in [0.2, 0.25) is 0 Å². The molecule has 3 aromatic rings. The Bertz CT molecular complexity index is 749. The van der Waals surface area contributed by atoms with E-state index in [0.29, 0.717) is 0 Å². The molecule has 1 aromatic heterocycles. The maximum absolute atomic E-state index is 8.88. The lowest BCUT2D eigenvalue weighted by molar-refractivity contribution is 0.275. The number of nitrogen functional groups attached to an aromatic ring is 3. The van der Waals surface area contributed by atoms with Gasteiger partial charge in [0.05, 0.1) is 0 Å². The van der Waals surface area contributed by atoms with Crippen molar-refractivity contribution in [1.82, 2.24) is 15.0 Å². The first-order valence-electron chi connectivity index (χ1n) is 7.06. The molecule has 11 heteroatoms. The summed E-state index contributed by atoms with van der Waals surface area (Å²) in [5.41, 5.74) is 18.0. The standard InChI is InChI=1S/C12H10.C3H6N6.H3O4P/c1-3-7-11(8-4-1)12-9-5-2-6-10-12;4-1-7-2(5)9-3(6)8-1;1-5(2,3)4/h1-10H;(H6,4,5,6,7,8,9);(H3,1,2,3,4). The Morgan fingerprint density at radius 1 is 0.615 bits per heavy atom. The van der Waals surface area contributed by atoms with Gasteiger partial charge in [-0.3, -0.25) is 0 Å². The number of phosphoric acid groups is 1. The third kappa shape index (κ3) is 9.96. The molecule has 138 valence electrons. The lowest BCUT2D eigenvalue weighted by Gasteiger charge is -1.98. The highest BCUT2D eigenvalue weighted by Crippen LogP contribution is 2.25. The van der Waals surface area contributed by atoms with Gasteiger partial charge in [0, 0.05) is 0 Å². The van der Waals surface area contributed by atoms with Crippen molar-refractivity contribution in [2.24, 2.45) is 0 Å². The molecule has 0 bridgehead atoms. The molecule has 10 nitrogen and oxygen atoms in total. The zero-order chi connectivity index (χ0) is 19.6. The van der Waals surface area contributed by atoms with Crippen LogP contribution in [-0.4, -0.2) is 29.6 Å². The van der Waals surface area contributed by atoms with Crippen LogP contribution in [0, 0.1) is 0 Å². The predicted molar refractivity (Wildman–Crippen MR) is 99.2 cm³/mol. The summed E-state index contributed by atoms with van der Waals surface area (Å²) in [6.07, 6.45) is 0. The lowest BCUT2D eigenvalue weighted by Crippen LogP contribution is -2.05. The quantitative estimate of drug-likeness (QED) is 0.333. The van der Waals surface area contributed by atoms with Gasteiger partial charge in [0.2, 0.25) is 17.8 Å². The highest BCUT2D eigenvalue weighted by Gasteiger charge is 2.00. The molecule has 0 amide bonds. The summed E-state index contributed by atoms with van der Waals surface area (Å²) >= 11 is 0. The van der Waals surface area contributed by atoms with Crippen LogP contribution in [-0.2, 0) is 4.57 Å². The summed E-state index contributed by atoms with van der Waals surface area (Å²) in [5.74, 6) is 0.125. The fourth-order valence-corrected chi connectivity index (χ4v) is 1.69. The van der Waals surface area contributed by atoms with Crippen LogP contribution in [0.1, 0.15) is 0 Å². The van der Waals surface area contributed by atoms with E-state index in [2.05, 4.69) is 63.5 Å². The van der Waals surface area contributed by atoms with E-state index in [1.807, 2.05) is 12.1 Å². The molecule has 0 aliphatic heterocycles. The second-order valence-corrected chi connectivity index (χ2v) is 5.68. The van der Waals surface area contributed by atoms with Crippen LogP contribution in [0.3, 0.4) is 0 Å². The van der Waals surface area contributed by atoms with Gasteiger partial charge >= 0.3 is 7.82 Å². The van der Waals surface area contributed by atoms with Crippen LogP contribution >= 0.6 is 7.82 Å². The minimum Gasteiger partial charge on any atom is -0.368 e. The molecule has 0 aliphatic rings. The smallest absolute Gasteiger partial charge is 0.368 e. The number of aromatic nitrogens is 3. The minimum atomic E-state index is -4.64. The third-order valence-electron chi connectivity index (χ3n) is 2.57. The van der Waals surface area contributed by atoms with E-state index in [9.17, 15) is 0 Å². The van der Waals surface area contributed by atoms with Crippen molar-refractivity contribution >= 4 is 25.7 Å². The van der Waals surface area contributed by atoms with Gasteiger partial charge in [-0.25, -0.2) is 4.57 Å². The van der Waals surface area contributed by atoms with Crippen LogP contribution in [0.15, 0.2) is 60.7 Å². The lowest BCUT2D eigenvalue weighted by atomic mass is 10.1. The zero-order valence-electron chi connectivity index (χ0n) is 13.5. The van der Waals surface area contributed by atoms with E-state index < -0.39 is 7.82 Å². The van der Waals surface area contributed by atoms with Crippen molar-refractivity contribution in [3.63, 3.8) is 0 Å². The molecule has 1 heterocycles. The topological polar surface area (TPSA) is 194 Å². The second-order valence-electron chi connectivity index (χ2n) is 4.66. The maximum Gasteiger partial charge on any atom is 0.466 e. The summed E-state index contributed by atoms with van der Waals surface area (Å²) in [4.78, 5) is 32.0. The first-order chi connectivity index (χ1) is 12.1. The van der Waals surface area contributed by atoms with Crippen LogP contribution < -0.4 is 17.2 Å². The Hall–Kier alpha value is -3.04. The summed E-state index contributed by atoms with van der Waals surface area (Å²) < 4.78 is 8.88. The monoisotopic (exact) mass is 378 g/mol. The number of benzene rings is 2. The summed E-state index contributed by atoms with van der Waals surface area (Å²) in [6.45, 7) is 0. The second kappa shape index (κ2) is 10.1. The van der Waals surface area contributed by atoms with Crippen molar-refractivity contribution in [1.29, 1.82) is 0 Å². The molecule has 0 atom stereocenters. The van der Waals surface area contributed by atoms with Gasteiger partial charge in [-0.2, -0.15) is 15.0 Å². The molecule has 0 spiro atoms. The summed E-state index contributed by atoms with van der Waals surface area (Å²) in [5, 5.41) is 0. The van der Waals surface area contributed by atoms with Crippen molar-refractivity contribution in [3.05, 3.63) is 60.7 Å². The average molecular weight is 378 g/mol. The number of anilines is 3. The van der Waals surface area contributed by atoms with Crippen LogP contribution in [0.4, 0.5) is 17.8 Å². The van der Waals surface area contributed by atoms with E-state index in [1.165, 1.54) is 11.1 Å². The molecular weight excluding hydrogens is 359 g/mol. The minimum absolute atomic E-state index is 0.0417. The molecule has 0 fully saturated rings. The van der Waals surface area contributed by atoms with E-state index in [1.54, 1.807) is 0 Å². The fraction of sp³-hybridized carbons (Fsp3) is 0. The van der Waals surface area contributed by atoms with Gasteiger partial charge in [0.15, 0.2) is 0 Å². The molecule has 9 N–H and O–H groups in total. The molecule has 0 aliphatic carbocycles. The summed E-state index contributed by atoms with van der Waals surface area (Å²) in [7, 11) is -4.64. The SMILES string of the molecule is Nc1nc(N)nc(N)n1.O=P(O)(O)O.c1ccc(-c2ccccc2)cc1. The van der Waals surface area contributed by atoms with Crippen molar-refractivity contribution in [3.8, 4) is 11.1 Å². The fourth-order valence-electron chi connectivity index (χ4n) is 1.69. The Morgan fingerprint density at radius 2 is 0.846 bits per heavy atom. The van der Waals surface area contributed by atoms with Crippen LogP contribution in [0.5, 0.6) is 0 Å². The number of hydrogen-bond acceptors (Lipinski definition) is 7. The number of nitrogens with zero attached hydrogens (tertiary/aromatic N) is 3. The van der Waals surface area contributed by atoms with Gasteiger partial charge < -0.3 is 31.9 Å². The highest BCUT2D eigenvalue weighted by atomic mass is 31.2. The Balaban J connectivity index is 0.000000214. The molecule has 0 radical (unpaired) electrons. The third-order valence-corrected chi connectivity index (χ3v) is 2.57. The Labute approximate surface area is 149 Å². The van der Waals surface area contributed by atoms with Crippen molar-refractivity contribution in [2.75, 3.05) is 17.2 Å². The van der Waals surface area contributed by atoms with Gasteiger partial charge in [-0.1, -0.05) is 60.7 Å². The van der Waals surface area contributed by atoms with E-state index >= 15 is 0 Å². The normalized spacial score (nSPS) is 9.96. The van der Waals surface area contributed by atoms with Gasteiger partial charge in [-0.15, -0.1) is 0 Å². The highest BCUT2D eigenvalue weighted by molar-refractivity contribution is 7.45. The maximum atomic E-state index is 8.88. The zero-order valence-corrected chi connectivity index (χ0v) is 14.4. The molecule has 0 saturated carbocycles. The molecule has 0 saturated heterocycles.